The molecule has 1 atom stereocenters. The van der Waals surface area contributed by atoms with Crippen LogP contribution in [-0.2, 0) is 9.53 Å². The van der Waals surface area contributed by atoms with Crippen LogP contribution in [0.2, 0.25) is 5.02 Å². The minimum absolute atomic E-state index is 0.0459. The van der Waals surface area contributed by atoms with E-state index in [0.717, 1.165) is 5.56 Å². The first-order valence-electron chi connectivity index (χ1n) is 5.47. The minimum atomic E-state index is -0.815. The molecule has 1 aliphatic rings. The summed E-state index contributed by atoms with van der Waals surface area (Å²) < 4.78 is 5.64. The van der Waals surface area contributed by atoms with E-state index in [1.807, 2.05) is 29.2 Å². The number of carboxylic acid groups (broad SMARTS) is 1. The number of hydrogen-bond donors (Lipinski definition) is 1. The van der Waals surface area contributed by atoms with E-state index in [4.69, 9.17) is 21.4 Å². The zero-order valence-corrected chi connectivity index (χ0v) is 10.1. The smallest absolute Gasteiger partial charge is 0.317 e. The molecule has 0 saturated carbocycles. The maximum absolute atomic E-state index is 10.7. The largest absolute Gasteiger partial charge is 0.480 e. The first-order valence-corrected chi connectivity index (χ1v) is 5.85. The zero-order chi connectivity index (χ0) is 12.3. The molecule has 0 unspecified atom stereocenters. The topological polar surface area (TPSA) is 49.8 Å². The highest BCUT2D eigenvalue weighted by Crippen LogP contribution is 2.28. The third-order valence-corrected chi connectivity index (χ3v) is 3.11. The monoisotopic (exact) mass is 255 g/mol. The lowest BCUT2D eigenvalue weighted by Gasteiger charge is -2.32. The second-order valence-electron chi connectivity index (χ2n) is 4.01. The molecule has 0 bridgehead atoms. The number of halogens is 1. The van der Waals surface area contributed by atoms with E-state index >= 15 is 0 Å². The number of hydrogen-bond acceptors (Lipinski definition) is 3. The van der Waals surface area contributed by atoms with Gasteiger partial charge in [0.25, 0.3) is 0 Å². The Morgan fingerprint density at radius 3 is 3.00 bits per heavy atom. The van der Waals surface area contributed by atoms with Gasteiger partial charge in [0.1, 0.15) is 0 Å². The number of morpholine rings is 1. The molecule has 2 rings (SSSR count). The van der Waals surface area contributed by atoms with E-state index in [1.54, 1.807) is 0 Å². The molecule has 92 valence electrons. The second kappa shape index (κ2) is 5.49. The van der Waals surface area contributed by atoms with Gasteiger partial charge in [0.2, 0.25) is 0 Å². The zero-order valence-electron chi connectivity index (χ0n) is 9.30. The van der Waals surface area contributed by atoms with Crippen molar-refractivity contribution >= 4 is 17.6 Å². The molecule has 17 heavy (non-hydrogen) atoms. The molecule has 1 saturated heterocycles. The van der Waals surface area contributed by atoms with E-state index in [-0.39, 0.29) is 12.6 Å². The van der Waals surface area contributed by atoms with Crippen molar-refractivity contribution in [1.29, 1.82) is 0 Å². The maximum Gasteiger partial charge on any atom is 0.317 e. The average molecular weight is 256 g/mol. The van der Waals surface area contributed by atoms with Gasteiger partial charge < -0.3 is 9.84 Å². The minimum Gasteiger partial charge on any atom is -0.480 e. The highest BCUT2D eigenvalue weighted by molar-refractivity contribution is 6.31. The van der Waals surface area contributed by atoms with E-state index in [9.17, 15) is 4.79 Å². The summed E-state index contributed by atoms with van der Waals surface area (Å²) >= 11 is 6.10. The number of carboxylic acids is 1. The van der Waals surface area contributed by atoms with Crippen molar-refractivity contribution in [2.24, 2.45) is 0 Å². The molecule has 1 heterocycles. The summed E-state index contributed by atoms with van der Waals surface area (Å²) in [7, 11) is 0. The highest BCUT2D eigenvalue weighted by atomic mass is 35.5. The molecular formula is C12H14ClNO3. The number of rotatable bonds is 3. The summed E-state index contributed by atoms with van der Waals surface area (Å²) in [5, 5.41) is 9.43. The van der Waals surface area contributed by atoms with E-state index in [1.165, 1.54) is 0 Å². The van der Waals surface area contributed by atoms with Crippen LogP contribution in [0.3, 0.4) is 0 Å². The van der Waals surface area contributed by atoms with Crippen LogP contribution in [0.15, 0.2) is 24.3 Å². The Kier molecular flexibility index (Phi) is 3.99. The van der Waals surface area contributed by atoms with Crippen molar-refractivity contribution in [3.63, 3.8) is 0 Å². The molecule has 1 aliphatic heterocycles. The standard InChI is InChI=1S/C12H14ClNO3/c13-10-4-2-1-3-9(10)11-7-14(5-6-17-11)8-12(15)16/h1-4,11H,5-8H2,(H,15,16)/t11-/m0/s1. The normalized spacial score (nSPS) is 21.4. The third-order valence-electron chi connectivity index (χ3n) is 2.76. The number of carbonyl (C=O) groups is 1. The van der Waals surface area contributed by atoms with Gasteiger partial charge in [-0.25, -0.2) is 0 Å². The highest BCUT2D eigenvalue weighted by Gasteiger charge is 2.24. The number of ether oxygens (including phenoxy) is 1. The molecule has 0 aliphatic carbocycles. The molecule has 1 aromatic rings. The first kappa shape index (κ1) is 12.4. The van der Waals surface area contributed by atoms with Gasteiger partial charge in [-0.15, -0.1) is 0 Å². The fourth-order valence-electron chi connectivity index (χ4n) is 1.96. The fraction of sp³-hybridized carbons (Fsp3) is 0.417. The van der Waals surface area contributed by atoms with Gasteiger partial charge in [-0.3, -0.25) is 9.69 Å². The average Bonchev–Trinajstić information content (AvgIpc) is 2.29. The summed E-state index contributed by atoms with van der Waals surface area (Å²) in [6, 6.07) is 7.50. The predicted molar refractivity (Wildman–Crippen MR) is 64.2 cm³/mol. The van der Waals surface area contributed by atoms with Crippen LogP contribution < -0.4 is 0 Å². The Morgan fingerprint density at radius 2 is 2.29 bits per heavy atom. The Labute approximate surface area is 105 Å². The molecule has 4 nitrogen and oxygen atoms in total. The molecule has 0 radical (unpaired) electrons. The van der Waals surface area contributed by atoms with Crippen molar-refractivity contribution in [3.8, 4) is 0 Å². The quantitative estimate of drug-likeness (QED) is 0.895. The molecule has 5 heteroatoms. The lowest BCUT2D eigenvalue weighted by Crippen LogP contribution is -2.41. The van der Waals surface area contributed by atoms with E-state index in [0.29, 0.717) is 24.7 Å². The Bertz CT molecular complexity index is 410. The number of benzene rings is 1. The van der Waals surface area contributed by atoms with Crippen LogP contribution in [0, 0.1) is 0 Å². The van der Waals surface area contributed by atoms with Crippen molar-refractivity contribution in [2.45, 2.75) is 6.10 Å². The van der Waals surface area contributed by atoms with Crippen LogP contribution in [0.5, 0.6) is 0 Å². The summed E-state index contributed by atoms with van der Waals surface area (Å²) in [5.41, 5.74) is 0.921. The van der Waals surface area contributed by atoms with Crippen molar-refractivity contribution in [1.82, 2.24) is 4.90 Å². The van der Waals surface area contributed by atoms with Gasteiger partial charge >= 0.3 is 5.97 Å². The summed E-state index contributed by atoms with van der Waals surface area (Å²) in [5.74, 6) is -0.815. The van der Waals surface area contributed by atoms with Crippen LogP contribution in [0.4, 0.5) is 0 Å². The van der Waals surface area contributed by atoms with Crippen LogP contribution >= 0.6 is 11.6 Å². The first-order chi connectivity index (χ1) is 8.16. The van der Waals surface area contributed by atoms with Crippen molar-refractivity contribution in [2.75, 3.05) is 26.2 Å². The van der Waals surface area contributed by atoms with Gasteiger partial charge in [-0.2, -0.15) is 0 Å². The summed E-state index contributed by atoms with van der Waals surface area (Å²) in [4.78, 5) is 12.5. The number of nitrogens with zero attached hydrogens (tertiary/aromatic N) is 1. The maximum atomic E-state index is 10.7. The molecule has 1 N–H and O–H groups in total. The van der Waals surface area contributed by atoms with Crippen molar-refractivity contribution < 1.29 is 14.6 Å². The molecule has 0 aromatic heterocycles. The Balaban J connectivity index is 2.07. The summed E-state index contributed by atoms with van der Waals surface area (Å²) in [6.45, 7) is 1.79. The van der Waals surface area contributed by atoms with Crippen LogP contribution in [-0.4, -0.2) is 42.2 Å². The SMILES string of the molecule is O=C(O)CN1CCO[C@H](c2ccccc2Cl)C1. The summed E-state index contributed by atoms with van der Waals surface area (Å²) in [6.07, 6.45) is -0.142. The predicted octanol–water partition coefficient (Wildman–Crippen LogP) is 1.80. The van der Waals surface area contributed by atoms with E-state index in [2.05, 4.69) is 0 Å². The molecular weight excluding hydrogens is 242 g/mol. The van der Waals surface area contributed by atoms with Crippen LogP contribution in [0.1, 0.15) is 11.7 Å². The second-order valence-corrected chi connectivity index (χ2v) is 4.42. The number of aliphatic carboxylic acids is 1. The van der Waals surface area contributed by atoms with Gasteiger partial charge in [0, 0.05) is 23.7 Å². The molecule has 0 spiro atoms. The lowest BCUT2D eigenvalue weighted by atomic mass is 10.1. The Hall–Kier alpha value is -1.10. The van der Waals surface area contributed by atoms with E-state index < -0.39 is 5.97 Å². The van der Waals surface area contributed by atoms with Crippen molar-refractivity contribution in [3.05, 3.63) is 34.9 Å². The molecule has 1 aromatic carbocycles. The van der Waals surface area contributed by atoms with Gasteiger partial charge in [-0.05, 0) is 6.07 Å². The van der Waals surface area contributed by atoms with Gasteiger partial charge in [-0.1, -0.05) is 29.8 Å². The third kappa shape index (κ3) is 3.19. The lowest BCUT2D eigenvalue weighted by molar-refractivity contribution is -0.140. The van der Waals surface area contributed by atoms with Gasteiger partial charge in [0.15, 0.2) is 0 Å². The van der Waals surface area contributed by atoms with Gasteiger partial charge in [0.05, 0.1) is 19.3 Å². The molecule has 1 fully saturated rings. The fourth-order valence-corrected chi connectivity index (χ4v) is 2.22. The van der Waals surface area contributed by atoms with Crippen LogP contribution in [0.25, 0.3) is 0 Å². The molecule has 0 amide bonds. The Morgan fingerprint density at radius 1 is 1.53 bits per heavy atom.